The molecule has 2 aromatic carbocycles. The van der Waals surface area contributed by atoms with E-state index >= 15 is 0 Å². The second-order valence-corrected chi connectivity index (χ2v) is 7.42. The summed E-state index contributed by atoms with van der Waals surface area (Å²) in [6.45, 7) is -0.654. The van der Waals surface area contributed by atoms with Crippen LogP contribution in [0.3, 0.4) is 0 Å². The van der Waals surface area contributed by atoms with Crippen molar-refractivity contribution in [3.63, 3.8) is 0 Å². The Kier molecular flexibility index (Phi) is 8.07. The number of carbonyl (C=O) groups is 2. The maximum Gasteiger partial charge on any atom is 0.233 e. The average Bonchev–Trinajstić information content (AvgIpc) is 2.87. The second kappa shape index (κ2) is 10.8. The number of aliphatic hydroxyl groups is 4. The highest BCUT2D eigenvalue weighted by atomic mass is 16.7. The predicted molar refractivity (Wildman–Crippen MR) is 116 cm³/mol. The van der Waals surface area contributed by atoms with Crippen molar-refractivity contribution in [2.45, 2.75) is 30.7 Å². The maximum atomic E-state index is 13.0. The van der Waals surface area contributed by atoms with Crippen LogP contribution in [-0.2, 0) is 4.74 Å². The molecule has 3 rings (SSSR count). The van der Waals surface area contributed by atoms with Crippen molar-refractivity contribution in [2.75, 3.05) is 27.9 Å². The Morgan fingerprint density at radius 1 is 0.853 bits per heavy atom. The summed E-state index contributed by atoms with van der Waals surface area (Å²) in [6, 6.07) is 8.58. The Bertz CT molecular complexity index is 1040. The van der Waals surface area contributed by atoms with Gasteiger partial charge in [-0.15, -0.1) is 0 Å². The molecule has 1 fully saturated rings. The smallest absolute Gasteiger partial charge is 0.233 e. The Labute approximate surface area is 195 Å². The molecule has 1 saturated heterocycles. The van der Waals surface area contributed by atoms with Gasteiger partial charge in [0.05, 0.1) is 27.9 Å². The summed E-state index contributed by atoms with van der Waals surface area (Å²) in [5.74, 6) is -1.38. The zero-order valence-electron chi connectivity index (χ0n) is 18.7. The van der Waals surface area contributed by atoms with Gasteiger partial charge in [-0.3, -0.25) is 9.59 Å². The first-order valence-electron chi connectivity index (χ1n) is 10.2. The van der Waals surface area contributed by atoms with Gasteiger partial charge in [-0.05, 0) is 24.3 Å². The van der Waals surface area contributed by atoms with Gasteiger partial charge in [0.15, 0.2) is 11.5 Å². The van der Waals surface area contributed by atoms with Crippen LogP contribution in [-0.4, -0.2) is 90.6 Å². The third-order valence-electron chi connectivity index (χ3n) is 5.34. The number of aliphatic hydroxyl groups excluding tert-OH is 4. The maximum absolute atomic E-state index is 13.0. The molecule has 0 aliphatic carbocycles. The first-order chi connectivity index (χ1) is 16.2. The first kappa shape index (κ1) is 25.4. The molecule has 1 aliphatic rings. The molecule has 0 bridgehead atoms. The van der Waals surface area contributed by atoms with Gasteiger partial charge in [0.25, 0.3) is 0 Å². The molecular formula is C23H26O11. The lowest BCUT2D eigenvalue weighted by molar-refractivity contribution is -0.277. The predicted octanol–water partition coefficient (Wildman–Crippen LogP) is -0.0433. The quantitative estimate of drug-likeness (QED) is 0.283. The average molecular weight is 478 g/mol. The molecule has 0 aromatic heterocycles. The lowest BCUT2D eigenvalue weighted by Gasteiger charge is -2.39. The van der Waals surface area contributed by atoms with E-state index < -0.39 is 48.9 Å². The highest BCUT2D eigenvalue weighted by molar-refractivity contribution is 6.49. The van der Waals surface area contributed by atoms with Gasteiger partial charge < -0.3 is 44.1 Å². The van der Waals surface area contributed by atoms with Crippen molar-refractivity contribution in [1.29, 1.82) is 0 Å². The summed E-state index contributed by atoms with van der Waals surface area (Å²) in [5.41, 5.74) is 0.000553. The third-order valence-corrected chi connectivity index (χ3v) is 5.34. The van der Waals surface area contributed by atoms with Crippen molar-refractivity contribution < 1.29 is 53.7 Å². The molecule has 0 spiro atoms. The number of hydrogen-bond acceptors (Lipinski definition) is 11. The number of carbonyl (C=O) groups excluding carboxylic acids is 2. The van der Waals surface area contributed by atoms with E-state index in [9.17, 15) is 30.0 Å². The van der Waals surface area contributed by atoms with Crippen molar-refractivity contribution >= 4 is 11.6 Å². The number of hydrogen-bond donors (Lipinski definition) is 4. The van der Waals surface area contributed by atoms with Gasteiger partial charge in [0.1, 0.15) is 30.2 Å². The molecular weight excluding hydrogens is 452 g/mol. The summed E-state index contributed by atoms with van der Waals surface area (Å²) in [6.07, 6.45) is -7.72. The van der Waals surface area contributed by atoms with Crippen molar-refractivity contribution in [1.82, 2.24) is 0 Å². The number of Topliss-reactive ketones (excluding diaryl/α,β-unsaturated/α-hetero) is 2. The van der Waals surface area contributed by atoms with E-state index in [0.29, 0.717) is 5.75 Å². The Hall–Kier alpha value is -3.22. The Balaban J connectivity index is 1.97. The van der Waals surface area contributed by atoms with Crippen LogP contribution in [0.25, 0.3) is 0 Å². The highest BCUT2D eigenvalue weighted by Gasteiger charge is 2.45. The van der Waals surface area contributed by atoms with Crippen LogP contribution in [0.5, 0.6) is 23.0 Å². The molecule has 0 radical (unpaired) electrons. The fourth-order valence-corrected chi connectivity index (χ4v) is 3.46. The molecule has 0 unspecified atom stereocenters. The van der Waals surface area contributed by atoms with Crippen molar-refractivity contribution in [3.05, 3.63) is 47.5 Å². The van der Waals surface area contributed by atoms with Crippen LogP contribution in [0.4, 0.5) is 0 Å². The molecule has 4 N–H and O–H groups in total. The molecule has 11 nitrogen and oxygen atoms in total. The normalized spacial score (nSPS) is 24.3. The molecule has 5 atom stereocenters. The first-order valence-corrected chi connectivity index (χ1v) is 10.2. The molecule has 1 heterocycles. The minimum atomic E-state index is -1.70. The number of benzene rings is 2. The largest absolute Gasteiger partial charge is 0.497 e. The summed E-state index contributed by atoms with van der Waals surface area (Å²) in [4.78, 5) is 25.8. The zero-order chi connectivity index (χ0) is 25.0. The third kappa shape index (κ3) is 4.98. The second-order valence-electron chi connectivity index (χ2n) is 7.42. The summed E-state index contributed by atoms with van der Waals surface area (Å²) >= 11 is 0. The van der Waals surface area contributed by atoms with Crippen LogP contribution in [0.15, 0.2) is 36.4 Å². The fourth-order valence-electron chi connectivity index (χ4n) is 3.46. The van der Waals surface area contributed by atoms with E-state index in [4.69, 9.17) is 23.7 Å². The fraction of sp³-hybridized carbons (Fsp3) is 0.391. The Morgan fingerprint density at radius 3 is 2.15 bits per heavy atom. The molecule has 34 heavy (non-hydrogen) atoms. The molecule has 2 aromatic rings. The van der Waals surface area contributed by atoms with E-state index in [1.807, 2.05) is 0 Å². The summed E-state index contributed by atoms with van der Waals surface area (Å²) < 4.78 is 26.7. The van der Waals surface area contributed by atoms with E-state index in [-0.39, 0.29) is 28.4 Å². The minimum absolute atomic E-state index is 0.0184. The van der Waals surface area contributed by atoms with Gasteiger partial charge in [-0.2, -0.15) is 0 Å². The van der Waals surface area contributed by atoms with Crippen LogP contribution >= 0.6 is 0 Å². The van der Waals surface area contributed by atoms with Crippen LogP contribution in [0.2, 0.25) is 0 Å². The van der Waals surface area contributed by atoms with E-state index in [1.54, 1.807) is 12.1 Å². The van der Waals surface area contributed by atoms with Crippen molar-refractivity contribution in [3.8, 4) is 23.0 Å². The summed E-state index contributed by atoms with van der Waals surface area (Å²) in [7, 11) is 4.05. The monoisotopic (exact) mass is 478 g/mol. The zero-order valence-corrected chi connectivity index (χ0v) is 18.7. The number of rotatable bonds is 9. The number of ketones is 2. The standard InChI is InChI=1S/C23H26O11/c1-30-13-6-4-5-11(7-13)17(25)18(26)12-8-14(31-2)22(32-3)15(9-12)33-23-21(29)20(28)19(27)16(10-24)34-23/h4-9,16,19-21,23-24,27-29H,10H2,1-3H3/t16-,19-,20+,21-,23-/m1/s1. The van der Waals surface area contributed by atoms with Gasteiger partial charge in [0, 0.05) is 11.1 Å². The molecule has 0 saturated carbocycles. The van der Waals surface area contributed by atoms with Crippen LogP contribution in [0, 0.1) is 0 Å². The lowest BCUT2D eigenvalue weighted by atomic mass is 9.99. The topological polar surface area (TPSA) is 161 Å². The van der Waals surface area contributed by atoms with Gasteiger partial charge in [0.2, 0.25) is 23.6 Å². The van der Waals surface area contributed by atoms with Gasteiger partial charge in [-0.1, -0.05) is 12.1 Å². The number of methoxy groups -OCH3 is 3. The Morgan fingerprint density at radius 2 is 1.53 bits per heavy atom. The van der Waals surface area contributed by atoms with E-state index in [2.05, 4.69) is 0 Å². The molecule has 11 heteroatoms. The van der Waals surface area contributed by atoms with Gasteiger partial charge in [-0.25, -0.2) is 0 Å². The minimum Gasteiger partial charge on any atom is -0.497 e. The van der Waals surface area contributed by atoms with Crippen LogP contribution in [0.1, 0.15) is 20.7 Å². The van der Waals surface area contributed by atoms with E-state index in [0.717, 1.165) is 0 Å². The molecule has 0 amide bonds. The highest BCUT2D eigenvalue weighted by Crippen LogP contribution is 2.40. The summed E-state index contributed by atoms with van der Waals surface area (Å²) in [5, 5.41) is 39.7. The van der Waals surface area contributed by atoms with Crippen LogP contribution < -0.4 is 18.9 Å². The molecule has 184 valence electrons. The number of ether oxygens (including phenoxy) is 5. The lowest BCUT2D eigenvalue weighted by Crippen LogP contribution is -2.60. The molecule has 1 aliphatic heterocycles. The van der Waals surface area contributed by atoms with Gasteiger partial charge >= 0.3 is 0 Å². The van der Waals surface area contributed by atoms with Crippen molar-refractivity contribution in [2.24, 2.45) is 0 Å². The van der Waals surface area contributed by atoms with E-state index in [1.165, 1.54) is 45.6 Å². The SMILES string of the molecule is COc1cccc(C(=O)C(=O)c2cc(OC)c(OC)c(O[C@@H]3O[C@H](CO)[C@@H](O)[C@H](O)[C@H]3O)c2)c1.